The first-order chi connectivity index (χ1) is 8.17. The molecule has 1 saturated carbocycles. The average Bonchev–Trinajstić information content (AvgIpc) is 2.95. The highest BCUT2D eigenvalue weighted by atomic mass is 16.1. The Morgan fingerprint density at radius 1 is 1.35 bits per heavy atom. The summed E-state index contributed by atoms with van der Waals surface area (Å²) in [4.78, 5) is 12.1. The fourth-order valence-corrected chi connectivity index (χ4v) is 3.35. The molecule has 17 heavy (non-hydrogen) atoms. The molecule has 3 heteroatoms. The molecule has 0 bridgehead atoms. The minimum atomic E-state index is 0.185. The van der Waals surface area contributed by atoms with Crippen LogP contribution >= 0.6 is 0 Å². The highest BCUT2D eigenvalue weighted by Gasteiger charge is 2.34. The van der Waals surface area contributed by atoms with Crippen molar-refractivity contribution in [3.8, 4) is 0 Å². The highest BCUT2D eigenvalue weighted by Crippen LogP contribution is 2.40. The van der Waals surface area contributed by atoms with Gasteiger partial charge in [-0.2, -0.15) is 0 Å². The molecule has 2 aliphatic rings. The molecule has 1 aliphatic heterocycles. The third-order valence-electron chi connectivity index (χ3n) is 4.91. The molecule has 1 aliphatic carbocycles. The van der Waals surface area contributed by atoms with Crippen molar-refractivity contribution in [2.24, 2.45) is 17.3 Å². The van der Waals surface area contributed by atoms with Crippen LogP contribution in [0.4, 0.5) is 0 Å². The number of amides is 1. The van der Waals surface area contributed by atoms with Gasteiger partial charge in [-0.15, -0.1) is 0 Å². The number of carbonyl (C=O) groups is 1. The molecule has 0 radical (unpaired) electrons. The van der Waals surface area contributed by atoms with Crippen LogP contribution in [0.1, 0.15) is 46.0 Å². The number of hydrogen-bond acceptors (Lipinski definition) is 2. The predicted octanol–water partition coefficient (Wildman–Crippen LogP) is 1.93. The smallest absolute Gasteiger partial charge is 0.224 e. The molecule has 2 N–H and O–H groups in total. The van der Waals surface area contributed by atoms with E-state index in [1.165, 1.54) is 32.1 Å². The van der Waals surface area contributed by atoms with Gasteiger partial charge in [0.25, 0.3) is 0 Å². The minimum absolute atomic E-state index is 0.185. The van der Waals surface area contributed by atoms with E-state index in [9.17, 15) is 4.79 Å². The molecular formula is C14H26N2O. The number of rotatable bonds is 4. The van der Waals surface area contributed by atoms with Crippen LogP contribution in [-0.4, -0.2) is 25.5 Å². The topological polar surface area (TPSA) is 41.1 Å². The molecule has 1 amide bonds. The third-order valence-corrected chi connectivity index (χ3v) is 4.91. The molecule has 2 fully saturated rings. The summed E-state index contributed by atoms with van der Waals surface area (Å²) in [7, 11) is 0. The van der Waals surface area contributed by atoms with Crippen molar-refractivity contribution in [2.75, 3.05) is 19.6 Å². The number of carbonyl (C=O) groups excluding carboxylic acids is 1. The number of nitrogens with one attached hydrogen (secondary N) is 2. The lowest BCUT2D eigenvalue weighted by molar-refractivity contribution is -0.125. The Balaban J connectivity index is 1.82. The maximum absolute atomic E-state index is 12.1. The second kappa shape index (κ2) is 5.38. The van der Waals surface area contributed by atoms with Crippen molar-refractivity contribution in [2.45, 2.75) is 46.0 Å². The first-order valence-electron chi connectivity index (χ1n) is 7.15. The van der Waals surface area contributed by atoms with Crippen LogP contribution in [0.15, 0.2) is 0 Å². The van der Waals surface area contributed by atoms with Gasteiger partial charge >= 0.3 is 0 Å². The summed E-state index contributed by atoms with van der Waals surface area (Å²) >= 11 is 0. The predicted molar refractivity (Wildman–Crippen MR) is 69.7 cm³/mol. The Bertz CT molecular complexity index is 271. The average molecular weight is 238 g/mol. The molecule has 2 unspecified atom stereocenters. The van der Waals surface area contributed by atoms with E-state index in [0.717, 1.165) is 19.6 Å². The van der Waals surface area contributed by atoms with Gasteiger partial charge in [-0.25, -0.2) is 0 Å². The highest BCUT2D eigenvalue weighted by molar-refractivity contribution is 5.79. The van der Waals surface area contributed by atoms with Crippen molar-refractivity contribution in [3.05, 3.63) is 0 Å². The fourth-order valence-electron chi connectivity index (χ4n) is 3.35. The van der Waals surface area contributed by atoms with Crippen LogP contribution in [0, 0.1) is 17.3 Å². The van der Waals surface area contributed by atoms with Gasteiger partial charge in [-0.05, 0) is 37.1 Å². The van der Waals surface area contributed by atoms with E-state index >= 15 is 0 Å². The molecule has 1 heterocycles. The van der Waals surface area contributed by atoms with Crippen molar-refractivity contribution in [3.63, 3.8) is 0 Å². The lowest BCUT2D eigenvalue weighted by atomic mass is 9.83. The number of hydrogen-bond donors (Lipinski definition) is 2. The van der Waals surface area contributed by atoms with E-state index in [4.69, 9.17) is 0 Å². The summed E-state index contributed by atoms with van der Waals surface area (Å²) in [6, 6.07) is 0. The zero-order valence-electron chi connectivity index (χ0n) is 11.2. The molecule has 0 aromatic carbocycles. The summed E-state index contributed by atoms with van der Waals surface area (Å²) < 4.78 is 0. The fraction of sp³-hybridized carbons (Fsp3) is 0.929. The molecule has 1 saturated heterocycles. The molecule has 2 rings (SSSR count). The van der Waals surface area contributed by atoms with Crippen molar-refractivity contribution >= 4 is 5.91 Å². The lowest BCUT2D eigenvalue weighted by Crippen LogP contribution is -2.40. The van der Waals surface area contributed by atoms with Crippen molar-refractivity contribution in [1.82, 2.24) is 10.6 Å². The van der Waals surface area contributed by atoms with Crippen LogP contribution in [-0.2, 0) is 4.79 Å². The zero-order chi connectivity index (χ0) is 12.3. The Kier molecular flexibility index (Phi) is 4.08. The summed E-state index contributed by atoms with van der Waals surface area (Å²) in [6.07, 6.45) is 6.46. The Hall–Kier alpha value is -0.570. The quantitative estimate of drug-likeness (QED) is 0.786. The summed E-state index contributed by atoms with van der Waals surface area (Å²) in [5.74, 6) is 0.934. The van der Waals surface area contributed by atoms with Gasteiger partial charge in [0.1, 0.15) is 0 Å². The summed E-state index contributed by atoms with van der Waals surface area (Å²) in [5, 5.41) is 6.50. The van der Waals surface area contributed by atoms with Gasteiger partial charge in [0.2, 0.25) is 5.91 Å². The van der Waals surface area contributed by atoms with E-state index in [0.29, 0.717) is 11.3 Å². The Morgan fingerprint density at radius 3 is 2.59 bits per heavy atom. The van der Waals surface area contributed by atoms with Gasteiger partial charge in [0, 0.05) is 13.1 Å². The molecule has 2 atom stereocenters. The zero-order valence-corrected chi connectivity index (χ0v) is 11.2. The maximum Gasteiger partial charge on any atom is 0.224 e. The van der Waals surface area contributed by atoms with E-state index in [1.807, 2.05) is 0 Å². The van der Waals surface area contributed by atoms with Crippen LogP contribution in [0.3, 0.4) is 0 Å². The first kappa shape index (κ1) is 12.9. The van der Waals surface area contributed by atoms with E-state index < -0.39 is 0 Å². The molecular weight excluding hydrogens is 212 g/mol. The third kappa shape index (κ3) is 2.82. The molecule has 0 aromatic heterocycles. The van der Waals surface area contributed by atoms with Gasteiger partial charge in [-0.3, -0.25) is 4.79 Å². The summed E-state index contributed by atoms with van der Waals surface area (Å²) in [6.45, 7) is 7.15. The molecule has 98 valence electrons. The van der Waals surface area contributed by atoms with Crippen LogP contribution in [0.5, 0.6) is 0 Å². The lowest BCUT2D eigenvalue weighted by Gasteiger charge is -2.28. The minimum Gasteiger partial charge on any atom is -0.355 e. The van der Waals surface area contributed by atoms with Gasteiger partial charge in [0.15, 0.2) is 0 Å². The van der Waals surface area contributed by atoms with Crippen LogP contribution < -0.4 is 10.6 Å². The second-order valence-corrected chi connectivity index (χ2v) is 6.02. The molecule has 0 aromatic rings. The largest absolute Gasteiger partial charge is 0.355 e. The summed E-state index contributed by atoms with van der Waals surface area (Å²) in [5.41, 5.74) is 0.408. The maximum atomic E-state index is 12.1. The molecule has 3 nitrogen and oxygen atoms in total. The van der Waals surface area contributed by atoms with Crippen LogP contribution in [0.25, 0.3) is 0 Å². The standard InChI is InChI=1S/C14H26N2O/c1-3-14(6-4-5-7-14)10-16-13(17)12-9-15-8-11(12)2/h11-12,15H,3-10H2,1-2H3,(H,16,17). The van der Waals surface area contributed by atoms with E-state index in [1.54, 1.807) is 0 Å². The second-order valence-electron chi connectivity index (χ2n) is 6.02. The Labute approximate surface area is 105 Å². The van der Waals surface area contributed by atoms with E-state index in [-0.39, 0.29) is 11.8 Å². The SMILES string of the molecule is CCC1(CNC(=O)C2CNCC2C)CCCC1. The van der Waals surface area contributed by atoms with Crippen molar-refractivity contribution < 1.29 is 4.79 Å². The van der Waals surface area contributed by atoms with Gasteiger partial charge in [-0.1, -0.05) is 26.7 Å². The molecule has 0 spiro atoms. The Morgan fingerprint density at radius 2 is 2.06 bits per heavy atom. The monoisotopic (exact) mass is 238 g/mol. The van der Waals surface area contributed by atoms with Gasteiger partial charge < -0.3 is 10.6 Å². The van der Waals surface area contributed by atoms with Crippen molar-refractivity contribution in [1.29, 1.82) is 0 Å². The normalized spacial score (nSPS) is 31.6. The van der Waals surface area contributed by atoms with Crippen LogP contribution in [0.2, 0.25) is 0 Å². The van der Waals surface area contributed by atoms with E-state index in [2.05, 4.69) is 24.5 Å². The first-order valence-corrected chi connectivity index (χ1v) is 7.15. The van der Waals surface area contributed by atoms with Gasteiger partial charge in [0.05, 0.1) is 5.92 Å².